The van der Waals surface area contributed by atoms with Crippen LogP contribution in [-0.4, -0.2) is 22.3 Å². The summed E-state index contributed by atoms with van der Waals surface area (Å²) in [5.74, 6) is 1.67. The molecule has 0 radical (unpaired) electrons. The van der Waals surface area contributed by atoms with Gasteiger partial charge in [0.1, 0.15) is 5.75 Å². The van der Waals surface area contributed by atoms with Gasteiger partial charge in [0.05, 0.1) is 19.1 Å². The Balaban J connectivity index is 1.71. The smallest absolute Gasteiger partial charge is 0.165 e. The SMILES string of the molecule is N#CCc1ccc(OCCSc2ncc[nH]2)cc1. The van der Waals surface area contributed by atoms with Crippen molar-refractivity contribution in [3.8, 4) is 11.8 Å². The fourth-order valence-electron chi connectivity index (χ4n) is 1.42. The van der Waals surface area contributed by atoms with Crippen molar-refractivity contribution in [2.45, 2.75) is 11.6 Å². The number of aromatic amines is 1. The molecule has 0 saturated carbocycles. The van der Waals surface area contributed by atoms with Gasteiger partial charge in [-0.05, 0) is 17.7 Å². The van der Waals surface area contributed by atoms with Crippen LogP contribution in [0.2, 0.25) is 0 Å². The van der Waals surface area contributed by atoms with Crippen LogP contribution in [-0.2, 0) is 6.42 Å². The molecule has 0 unspecified atom stereocenters. The number of aromatic nitrogens is 2. The largest absolute Gasteiger partial charge is 0.493 e. The number of rotatable bonds is 6. The van der Waals surface area contributed by atoms with Gasteiger partial charge in [-0.3, -0.25) is 0 Å². The van der Waals surface area contributed by atoms with E-state index in [0.717, 1.165) is 22.2 Å². The van der Waals surface area contributed by atoms with Crippen molar-refractivity contribution in [2.75, 3.05) is 12.4 Å². The lowest BCUT2D eigenvalue weighted by molar-refractivity contribution is 0.344. The molecule has 1 heterocycles. The molecule has 4 nitrogen and oxygen atoms in total. The normalized spacial score (nSPS) is 9.94. The molecule has 0 amide bonds. The molecule has 18 heavy (non-hydrogen) atoms. The van der Waals surface area contributed by atoms with Crippen LogP contribution in [0.25, 0.3) is 0 Å². The number of thioether (sulfide) groups is 1. The van der Waals surface area contributed by atoms with Gasteiger partial charge in [-0.25, -0.2) is 4.98 Å². The van der Waals surface area contributed by atoms with Crippen LogP contribution in [0.4, 0.5) is 0 Å². The Bertz CT molecular complexity index is 502. The first-order chi connectivity index (χ1) is 8.88. The van der Waals surface area contributed by atoms with Gasteiger partial charge in [0.25, 0.3) is 0 Å². The lowest BCUT2D eigenvalue weighted by Crippen LogP contribution is -2.00. The highest BCUT2D eigenvalue weighted by Gasteiger charge is 1.98. The molecule has 0 aliphatic carbocycles. The first kappa shape index (κ1) is 12.5. The van der Waals surface area contributed by atoms with E-state index in [4.69, 9.17) is 10.00 Å². The third kappa shape index (κ3) is 3.82. The zero-order chi connectivity index (χ0) is 12.6. The van der Waals surface area contributed by atoms with Crippen LogP contribution in [0.5, 0.6) is 5.75 Å². The standard InChI is InChI=1S/C13H13N3OS/c14-6-5-11-1-3-12(4-2-11)17-9-10-18-13-15-7-8-16-13/h1-4,7-8H,5,9-10H2,(H,15,16). The Morgan fingerprint density at radius 2 is 2.17 bits per heavy atom. The summed E-state index contributed by atoms with van der Waals surface area (Å²) >= 11 is 1.62. The van der Waals surface area contributed by atoms with Crippen LogP contribution in [0.3, 0.4) is 0 Å². The van der Waals surface area contributed by atoms with E-state index in [-0.39, 0.29) is 0 Å². The second-order valence-electron chi connectivity index (χ2n) is 3.57. The Kier molecular flexibility index (Phi) is 4.68. The summed E-state index contributed by atoms with van der Waals surface area (Å²) in [4.78, 5) is 7.14. The molecule has 0 atom stereocenters. The van der Waals surface area contributed by atoms with Crippen LogP contribution < -0.4 is 4.74 Å². The topological polar surface area (TPSA) is 61.7 Å². The van der Waals surface area contributed by atoms with Gasteiger partial charge in [-0.1, -0.05) is 23.9 Å². The molecule has 0 fully saturated rings. The Morgan fingerprint density at radius 3 is 2.83 bits per heavy atom. The quantitative estimate of drug-likeness (QED) is 0.640. The number of benzene rings is 1. The summed E-state index contributed by atoms with van der Waals surface area (Å²) in [7, 11) is 0. The van der Waals surface area contributed by atoms with Crippen molar-refractivity contribution < 1.29 is 4.74 Å². The lowest BCUT2D eigenvalue weighted by atomic mass is 10.2. The Labute approximate surface area is 110 Å². The highest BCUT2D eigenvalue weighted by molar-refractivity contribution is 7.99. The van der Waals surface area contributed by atoms with E-state index in [9.17, 15) is 0 Å². The number of ether oxygens (including phenoxy) is 1. The summed E-state index contributed by atoms with van der Waals surface area (Å²) in [5.41, 5.74) is 1.01. The maximum Gasteiger partial charge on any atom is 0.165 e. The third-order valence-electron chi connectivity index (χ3n) is 2.27. The minimum absolute atomic E-state index is 0.439. The molecule has 92 valence electrons. The average molecular weight is 259 g/mol. The van der Waals surface area contributed by atoms with Crippen molar-refractivity contribution in [1.29, 1.82) is 5.26 Å². The van der Waals surface area contributed by atoms with Crippen LogP contribution >= 0.6 is 11.8 Å². The van der Waals surface area contributed by atoms with Gasteiger partial charge in [0, 0.05) is 18.1 Å². The second kappa shape index (κ2) is 6.72. The van der Waals surface area contributed by atoms with Crippen LogP contribution in [0, 0.1) is 11.3 Å². The summed E-state index contributed by atoms with van der Waals surface area (Å²) < 4.78 is 5.59. The van der Waals surface area contributed by atoms with Crippen molar-refractivity contribution in [2.24, 2.45) is 0 Å². The van der Waals surface area contributed by atoms with Gasteiger partial charge in [-0.2, -0.15) is 5.26 Å². The van der Waals surface area contributed by atoms with Gasteiger partial charge >= 0.3 is 0 Å². The predicted octanol–water partition coefficient (Wildman–Crippen LogP) is 2.65. The van der Waals surface area contributed by atoms with Crippen molar-refractivity contribution in [3.05, 3.63) is 42.2 Å². The molecule has 2 aromatic rings. The zero-order valence-electron chi connectivity index (χ0n) is 9.80. The molecule has 0 bridgehead atoms. The molecule has 0 spiro atoms. The molecule has 2 rings (SSSR count). The maximum absolute atomic E-state index is 8.56. The number of imidazole rings is 1. The van der Waals surface area contributed by atoms with E-state index in [1.807, 2.05) is 24.3 Å². The predicted molar refractivity (Wildman–Crippen MR) is 70.6 cm³/mol. The minimum atomic E-state index is 0.439. The molecule has 1 aromatic heterocycles. The molecule has 0 saturated heterocycles. The number of nitrogens with zero attached hydrogens (tertiary/aromatic N) is 2. The van der Waals surface area contributed by atoms with E-state index in [0.29, 0.717) is 13.0 Å². The molecule has 1 aromatic carbocycles. The van der Waals surface area contributed by atoms with Gasteiger partial charge < -0.3 is 9.72 Å². The molecule has 5 heteroatoms. The van der Waals surface area contributed by atoms with E-state index < -0.39 is 0 Å². The number of hydrogen-bond donors (Lipinski definition) is 1. The molecular formula is C13H13N3OS. The number of H-pyrrole nitrogens is 1. The zero-order valence-corrected chi connectivity index (χ0v) is 10.6. The van der Waals surface area contributed by atoms with Crippen molar-refractivity contribution in [1.82, 2.24) is 9.97 Å². The minimum Gasteiger partial charge on any atom is -0.493 e. The monoisotopic (exact) mass is 259 g/mol. The number of nitriles is 1. The molecule has 1 N–H and O–H groups in total. The van der Waals surface area contributed by atoms with Crippen molar-refractivity contribution in [3.63, 3.8) is 0 Å². The second-order valence-corrected chi connectivity index (χ2v) is 4.65. The van der Waals surface area contributed by atoms with Crippen LogP contribution in [0.1, 0.15) is 5.56 Å². The molecule has 0 aliphatic rings. The highest BCUT2D eigenvalue weighted by Crippen LogP contribution is 2.15. The summed E-state index contributed by atoms with van der Waals surface area (Å²) in [6.07, 6.45) is 3.98. The molecular weight excluding hydrogens is 246 g/mol. The lowest BCUT2D eigenvalue weighted by Gasteiger charge is -2.05. The third-order valence-corrected chi connectivity index (χ3v) is 3.14. The summed E-state index contributed by atoms with van der Waals surface area (Å²) in [6.45, 7) is 0.628. The Morgan fingerprint density at radius 1 is 1.33 bits per heavy atom. The van der Waals surface area contributed by atoms with E-state index >= 15 is 0 Å². The van der Waals surface area contributed by atoms with E-state index in [1.54, 1.807) is 24.2 Å². The van der Waals surface area contributed by atoms with E-state index in [1.165, 1.54) is 0 Å². The summed E-state index contributed by atoms with van der Waals surface area (Å²) in [5, 5.41) is 9.47. The first-order valence-electron chi connectivity index (χ1n) is 5.59. The fraction of sp³-hybridized carbons (Fsp3) is 0.231. The first-order valence-corrected chi connectivity index (χ1v) is 6.58. The van der Waals surface area contributed by atoms with E-state index in [2.05, 4.69) is 16.0 Å². The maximum atomic E-state index is 8.56. The highest BCUT2D eigenvalue weighted by atomic mass is 32.2. The average Bonchev–Trinajstić information content (AvgIpc) is 2.90. The Hall–Kier alpha value is -1.93. The van der Waals surface area contributed by atoms with Gasteiger partial charge in [0.2, 0.25) is 0 Å². The van der Waals surface area contributed by atoms with Gasteiger partial charge in [-0.15, -0.1) is 0 Å². The summed E-state index contributed by atoms with van der Waals surface area (Å²) in [6, 6.07) is 9.73. The van der Waals surface area contributed by atoms with Crippen molar-refractivity contribution >= 4 is 11.8 Å². The van der Waals surface area contributed by atoms with Crippen LogP contribution in [0.15, 0.2) is 41.8 Å². The number of hydrogen-bond acceptors (Lipinski definition) is 4. The fourth-order valence-corrected chi connectivity index (χ4v) is 2.07. The molecule has 0 aliphatic heterocycles. The number of nitrogens with one attached hydrogen (secondary N) is 1. The van der Waals surface area contributed by atoms with Gasteiger partial charge in [0.15, 0.2) is 5.16 Å².